The van der Waals surface area contributed by atoms with E-state index in [0.29, 0.717) is 6.54 Å². The van der Waals surface area contributed by atoms with Gasteiger partial charge in [0.1, 0.15) is 5.82 Å². The number of benzene rings is 2. The number of carbonyl (C=O) groups is 2. The van der Waals surface area contributed by atoms with Gasteiger partial charge in [0.25, 0.3) is 11.8 Å². The van der Waals surface area contributed by atoms with Crippen LogP contribution < -0.4 is 10.2 Å². The van der Waals surface area contributed by atoms with Crippen molar-refractivity contribution in [1.82, 2.24) is 4.90 Å². The maximum atomic E-state index is 13.3. The summed E-state index contributed by atoms with van der Waals surface area (Å²) in [5.41, 5.74) is 1.50. The van der Waals surface area contributed by atoms with E-state index in [2.05, 4.69) is 5.32 Å². The van der Waals surface area contributed by atoms with Crippen LogP contribution >= 0.6 is 11.8 Å². The lowest BCUT2D eigenvalue weighted by atomic mass is 10.2. The maximum absolute atomic E-state index is 13.3. The molecule has 28 heavy (non-hydrogen) atoms. The van der Waals surface area contributed by atoms with Crippen LogP contribution in [0, 0.1) is 5.82 Å². The van der Waals surface area contributed by atoms with Crippen molar-refractivity contribution in [2.24, 2.45) is 0 Å². The fourth-order valence-corrected chi connectivity index (χ4v) is 3.43. The van der Waals surface area contributed by atoms with Crippen LogP contribution in [0.4, 0.5) is 10.1 Å². The molecule has 0 bridgehead atoms. The van der Waals surface area contributed by atoms with Gasteiger partial charge in [-0.2, -0.15) is 0 Å². The highest BCUT2D eigenvalue weighted by molar-refractivity contribution is 7.98. The number of halogens is 1. The predicted molar refractivity (Wildman–Crippen MR) is 111 cm³/mol. The second-order valence-electron chi connectivity index (χ2n) is 6.82. The van der Waals surface area contributed by atoms with E-state index < -0.39 is 6.04 Å². The van der Waals surface area contributed by atoms with Gasteiger partial charge in [0, 0.05) is 18.5 Å². The summed E-state index contributed by atoms with van der Waals surface area (Å²) in [4.78, 5) is 28.4. The zero-order valence-corrected chi connectivity index (χ0v) is 17.5. The van der Waals surface area contributed by atoms with Gasteiger partial charge in [-0.15, -0.1) is 11.8 Å². The Morgan fingerprint density at radius 3 is 2.61 bits per heavy atom. The van der Waals surface area contributed by atoms with Gasteiger partial charge in [-0.1, -0.05) is 24.3 Å². The molecule has 2 atom stereocenters. The van der Waals surface area contributed by atoms with E-state index in [1.807, 2.05) is 37.6 Å². The summed E-state index contributed by atoms with van der Waals surface area (Å²) in [6.45, 7) is 2.29. The van der Waals surface area contributed by atoms with Gasteiger partial charge < -0.3 is 15.1 Å². The molecule has 0 aromatic heterocycles. The van der Waals surface area contributed by atoms with Crippen molar-refractivity contribution >= 4 is 29.3 Å². The number of anilines is 1. The summed E-state index contributed by atoms with van der Waals surface area (Å²) in [5.74, 6) is -0.568. The number of nitrogens with one attached hydrogen (secondary N) is 2. The monoisotopic (exact) mass is 404 g/mol. The molecule has 2 amide bonds. The molecular weight excluding hydrogens is 377 g/mol. The number of amides is 2. The van der Waals surface area contributed by atoms with E-state index in [-0.39, 0.29) is 24.2 Å². The van der Waals surface area contributed by atoms with Crippen molar-refractivity contribution in [2.75, 3.05) is 32.2 Å². The number of hydrogen-bond donors (Lipinski definition) is 2. The molecule has 0 aliphatic carbocycles. The van der Waals surface area contributed by atoms with Crippen LogP contribution in [0.15, 0.2) is 53.4 Å². The largest absolute Gasteiger partial charge is 0.336 e. The topological polar surface area (TPSA) is 53.9 Å². The minimum atomic E-state index is -0.403. The smallest absolute Gasteiger partial charge is 0.280 e. The van der Waals surface area contributed by atoms with Crippen molar-refractivity contribution in [2.45, 2.75) is 24.4 Å². The van der Waals surface area contributed by atoms with Crippen LogP contribution in [-0.2, 0) is 16.1 Å². The Kier molecular flexibility index (Phi) is 8.02. The molecule has 0 aliphatic rings. The van der Waals surface area contributed by atoms with Crippen molar-refractivity contribution in [3.63, 3.8) is 0 Å². The maximum Gasteiger partial charge on any atom is 0.280 e. The second-order valence-corrected chi connectivity index (χ2v) is 7.67. The standard InChI is InChI=1S/C21H26FN3O2S/c1-15(21(27)25(3)13-16-8-7-9-17(22)12-16)24(2)14-20(26)23-18-10-5-6-11-19(18)28-4/h5-12,15H,13-14H2,1-4H3,(H,23,26)/p+1/t15-/m1/s1. The molecule has 0 heterocycles. The summed E-state index contributed by atoms with van der Waals surface area (Å²) in [7, 11) is 3.50. The van der Waals surface area contributed by atoms with Crippen LogP contribution in [0.2, 0.25) is 0 Å². The zero-order valence-electron chi connectivity index (χ0n) is 16.7. The minimum absolute atomic E-state index is 0.0981. The van der Waals surface area contributed by atoms with Crippen molar-refractivity contribution in [1.29, 1.82) is 0 Å². The normalized spacial score (nSPS) is 12.9. The summed E-state index contributed by atoms with van der Waals surface area (Å²) in [6, 6.07) is 13.4. The highest BCUT2D eigenvalue weighted by atomic mass is 32.2. The lowest BCUT2D eigenvalue weighted by Gasteiger charge is -2.25. The molecule has 150 valence electrons. The highest BCUT2D eigenvalue weighted by Crippen LogP contribution is 2.24. The average molecular weight is 405 g/mol. The third-order valence-corrected chi connectivity index (χ3v) is 5.41. The molecule has 0 radical (unpaired) electrons. The SMILES string of the molecule is CSc1ccccc1NC(=O)C[NH+](C)[C@H](C)C(=O)N(C)Cc1cccc(F)c1. The molecule has 7 heteroatoms. The van der Waals surface area contributed by atoms with E-state index in [4.69, 9.17) is 0 Å². The van der Waals surface area contributed by atoms with E-state index in [0.717, 1.165) is 21.0 Å². The fourth-order valence-electron chi connectivity index (χ4n) is 2.88. The van der Waals surface area contributed by atoms with Crippen molar-refractivity contribution in [3.8, 4) is 0 Å². The number of nitrogens with zero attached hydrogens (tertiary/aromatic N) is 1. The number of carbonyl (C=O) groups excluding carboxylic acids is 2. The summed E-state index contributed by atoms with van der Waals surface area (Å²) in [6.07, 6.45) is 1.96. The molecule has 2 N–H and O–H groups in total. The van der Waals surface area contributed by atoms with Gasteiger partial charge >= 0.3 is 0 Å². The Morgan fingerprint density at radius 1 is 1.21 bits per heavy atom. The quantitative estimate of drug-likeness (QED) is 0.662. The van der Waals surface area contributed by atoms with Crippen LogP contribution in [-0.4, -0.2) is 49.7 Å². The first-order chi connectivity index (χ1) is 13.3. The molecule has 2 aromatic carbocycles. The number of para-hydroxylation sites is 1. The Hall–Kier alpha value is -2.38. The second kappa shape index (κ2) is 10.2. The van der Waals surface area contributed by atoms with Crippen LogP contribution in [0.5, 0.6) is 0 Å². The van der Waals surface area contributed by atoms with Crippen molar-refractivity contribution in [3.05, 3.63) is 59.9 Å². The van der Waals surface area contributed by atoms with Crippen LogP contribution in [0.3, 0.4) is 0 Å². The summed E-state index contributed by atoms with van der Waals surface area (Å²) >= 11 is 1.56. The molecule has 5 nitrogen and oxygen atoms in total. The molecule has 0 fully saturated rings. The van der Waals surface area contributed by atoms with E-state index in [1.165, 1.54) is 12.1 Å². The molecular formula is C21H27FN3O2S+. The molecule has 2 aromatic rings. The first-order valence-electron chi connectivity index (χ1n) is 9.06. The number of hydrogen-bond acceptors (Lipinski definition) is 3. The summed E-state index contributed by atoms with van der Waals surface area (Å²) in [5, 5.41) is 2.91. The van der Waals surface area contributed by atoms with Gasteiger partial charge in [-0.05, 0) is 43.0 Å². The lowest BCUT2D eigenvalue weighted by Crippen LogP contribution is -3.15. The van der Waals surface area contributed by atoms with Crippen molar-refractivity contribution < 1.29 is 18.9 Å². The molecule has 0 saturated carbocycles. The highest BCUT2D eigenvalue weighted by Gasteiger charge is 2.27. The van der Waals surface area contributed by atoms with Gasteiger partial charge in [0.2, 0.25) is 0 Å². The van der Waals surface area contributed by atoms with E-state index >= 15 is 0 Å². The number of rotatable bonds is 8. The van der Waals surface area contributed by atoms with Gasteiger partial charge in [0.05, 0.1) is 12.7 Å². The van der Waals surface area contributed by atoms with Crippen LogP contribution in [0.25, 0.3) is 0 Å². The fraction of sp³-hybridized carbons (Fsp3) is 0.333. The Labute approximate surface area is 169 Å². The minimum Gasteiger partial charge on any atom is -0.336 e. The first kappa shape index (κ1) is 21.9. The van der Waals surface area contributed by atoms with E-state index in [1.54, 1.807) is 42.8 Å². The molecule has 0 saturated heterocycles. The van der Waals surface area contributed by atoms with Gasteiger partial charge in [0.15, 0.2) is 12.6 Å². The number of thioether (sulfide) groups is 1. The molecule has 0 aliphatic heterocycles. The molecule has 0 spiro atoms. The van der Waals surface area contributed by atoms with Gasteiger partial charge in [-0.25, -0.2) is 4.39 Å². The molecule has 1 unspecified atom stereocenters. The Balaban J connectivity index is 1.92. The van der Waals surface area contributed by atoms with Gasteiger partial charge in [-0.3, -0.25) is 9.59 Å². The number of quaternary nitrogens is 1. The lowest BCUT2D eigenvalue weighted by molar-refractivity contribution is -0.886. The molecule has 2 rings (SSSR count). The average Bonchev–Trinajstić information content (AvgIpc) is 2.67. The number of likely N-dealkylation sites (N-methyl/N-ethyl adjacent to an activating group) is 2. The Bertz CT molecular complexity index is 831. The Morgan fingerprint density at radius 2 is 1.93 bits per heavy atom. The van der Waals surface area contributed by atoms with Crippen LogP contribution in [0.1, 0.15) is 12.5 Å². The third-order valence-electron chi connectivity index (χ3n) is 4.62. The predicted octanol–water partition coefficient (Wildman–Crippen LogP) is 2.05. The summed E-state index contributed by atoms with van der Waals surface area (Å²) < 4.78 is 13.3. The zero-order chi connectivity index (χ0) is 20.7. The third kappa shape index (κ3) is 6.07. The first-order valence-corrected chi connectivity index (χ1v) is 10.3. The van der Waals surface area contributed by atoms with E-state index in [9.17, 15) is 14.0 Å².